The van der Waals surface area contributed by atoms with Gasteiger partial charge in [-0.05, 0) is 32.1 Å². The van der Waals surface area contributed by atoms with Gasteiger partial charge in [-0.3, -0.25) is 9.69 Å². The molecule has 0 radical (unpaired) electrons. The SMILES string of the molecule is O=C(CNC1CCN(C2CC2)C1)NC1CCCCC1. The van der Waals surface area contributed by atoms with Gasteiger partial charge in [-0.1, -0.05) is 19.3 Å². The molecule has 1 aliphatic heterocycles. The van der Waals surface area contributed by atoms with Crippen molar-refractivity contribution < 1.29 is 4.79 Å². The van der Waals surface area contributed by atoms with Gasteiger partial charge >= 0.3 is 0 Å². The number of carbonyl (C=O) groups excluding carboxylic acids is 1. The summed E-state index contributed by atoms with van der Waals surface area (Å²) >= 11 is 0. The molecule has 4 nitrogen and oxygen atoms in total. The van der Waals surface area contributed by atoms with Crippen LogP contribution in [0.4, 0.5) is 0 Å². The first-order valence-electron chi connectivity index (χ1n) is 8.08. The lowest BCUT2D eigenvalue weighted by Crippen LogP contribution is -2.44. The van der Waals surface area contributed by atoms with Crippen LogP contribution in [0, 0.1) is 0 Å². The normalized spacial score (nSPS) is 29.6. The third-order valence-electron chi connectivity index (χ3n) is 4.80. The largest absolute Gasteiger partial charge is 0.352 e. The molecule has 3 rings (SSSR count). The summed E-state index contributed by atoms with van der Waals surface area (Å²) in [4.78, 5) is 14.5. The van der Waals surface area contributed by atoms with E-state index in [1.807, 2.05) is 0 Å². The molecule has 1 atom stereocenters. The molecule has 2 saturated carbocycles. The zero-order valence-corrected chi connectivity index (χ0v) is 11.9. The number of hydrogen-bond acceptors (Lipinski definition) is 3. The molecule has 1 unspecified atom stereocenters. The topological polar surface area (TPSA) is 44.4 Å². The summed E-state index contributed by atoms with van der Waals surface area (Å²) in [6.45, 7) is 2.85. The first-order chi connectivity index (χ1) is 9.31. The molecule has 0 aromatic carbocycles. The lowest BCUT2D eigenvalue weighted by Gasteiger charge is -2.23. The van der Waals surface area contributed by atoms with E-state index < -0.39 is 0 Å². The molecular weight excluding hydrogens is 238 g/mol. The Bertz CT molecular complexity index is 311. The molecule has 0 spiro atoms. The first kappa shape index (κ1) is 13.4. The highest BCUT2D eigenvalue weighted by atomic mass is 16.2. The fraction of sp³-hybridized carbons (Fsp3) is 0.933. The van der Waals surface area contributed by atoms with Crippen molar-refractivity contribution in [1.29, 1.82) is 0 Å². The molecule has 1 heterocycles. The number of amides is 1. The molecule has 1 amide bonds. The Morgan fingerprint density at radius 3 is 2.53 bits per heavy atom. The predicted octanol–water partition coefficient (Wildman–Crippen LogP) is 1.26. The van der Waals surface area contributed by atoms with E-state index in [0.717, 1.165) is 12.6 Å². The smallest absolute Gasteiger partial charge is 0.234 e. The number of likely N-dealkylation sites (tertiary alicyclic amines) is 1. The Balaban J connectivity index is 1.31. The van der Waals surface area contributed by atoms with Crippen LogP contribution < -0.4 is 10.6 Å². The summed E-state index contributed by atoms with van der Waals surface area (Å²) in [5.74, 6) is 0.191. The van der Waals surface area contributed by atoms with Crippen LogP contribution in [0.2, 0.25) is 0 Å². The van der Waals surface area contributed by atoms with Crippen molar-refractivity contribution >= 4 is 5.91 Å². The summed E-state index contributed by atoms with van der Waals surface area (Å²) in [6.07, 6.45) is 10.2. The van der Waals surface area contributed by atoms with Gasteiger partial charge in [-0.15, -0.1) is 0 Å². The van der Waals surface area contributed by atoms with E-state index in [9.17, 15) is 4.79 Å². The molecule has 0 bridgehead atoms. The molecular formula is C15H27N3O. The van der Waals surface area contributed by atoms with E-state index >= 15 is 0 Å². The minimum Gasteiger partial charge on any atom is -0.352 e. The number of nitrogens with zero attached hydrogens (tertiary/aromatic N) is 1. The molecule has 0 aromatic heterocycles. The van der Waals surface area contributed by atoms with Gasteiger partial charge in [0.15, 0.2) is 0 Å². The summed E-state index contributed by atoms with van der Waals surface area (Å²) in [7, 11) is 0. The molecule has 0 aromatic rings. The Kier molecular flexibility index (Phi) is 4.38. The van der Waals surface area contributed by atoms with Crippen molar-refractivity contribution in [3.8, 4) is 0 Å². The molecule has 2 N–H and O–H groups in total. The summed E-state index contributed by atoms with van der Waals surface area (Å²) in [6, 6.07) is 1.83. The summed E-state index contributed by atoms with van der Waals surface area (Å²) in [5.41, 5.74) is 0. The Morgan fingerprint density at radius 2 is 1.79 bits per heavy atom. The minimum absolute atomic E-state index is 0.191. The average Bonchev–Trinajstić information content (AvgIpc) is 3.17. The second-order valence-electron chi connectivity index (χ2n) is 6.50. The van der Waals surface area contributed by atoms with Crippen molar-refractivity contribution in [2.75, 3.05) is 19.6 Å². The third-order valence-corrected chi connectivity index (χ3v) is 4.80. The monoisotopic (exact) mass is 265 g/mol. The molecule has 19 heavy (non-hydrogen) atoms. The highest BCUT2D eigenvalue weighted by Crippen LogP contribution is 2.29. The maximum Gasteiger partial charge on any atom is 0.234 e. The van der Waals surface area contributed by atoms with Crippen LogP contribution >= 0.6 is 0 Å². The number of rotatable bonds is 5. The first-order valence-corrected chi connectivity index (χ1v) is 8.08. The van der Waals surface area contributed by atoms with Gasteiger partial charge in [-0.2, -0.15) is 0 Å². The van der Waals surface area contributed by atoms with Crippen LogP contribution in [0.5, 0.6) is 0 Å². The third kappa shape index (κ3) is 3.93. The van der Waals surface area contributed by atoms with Crippen LogP contribution in [0.15, 0.2) is 0 Å². The lowest BCUT2D eigenvalue weighted by atomic mass is 9.95. The molecule has 3 fully saturated rings. The molecule has 108 valence electrons. The maximum atomic E-state index is 11.9. The minimum atomic E-state index is 0.191. The van der Waals surface area contributed by atoms with Crippen molar-refractivity contribution in [2.45, 2.75) is 69.5 Å². The van der Waals surface area contributed by atoms with Crippen LogP contribution in [-0.4, -0.2) is 48.6 Å². The van der Waals surface area contributed by atoms with Gasteiger partial charge in [0.1, 0.15) is 0 Å². The fourth-order valence-corrected chi connectivity index (χ4v) is 3.49. The average molecular weight is 265 g/mol. The molecule has 4 heteroatoms. The number of carbonyl (C=O) groups is 1. The quantitative estimate of drug-likeness (QED) is 0.786. The van der Waals surface area contributed by atoms with Crippen LogP contribution in [0.3, 0.4) is 0 Å². The van der Waals surface area contributed by atoms with E-state index in [-0.39, 0.29) is 5.91 Å². The van der Waals surface area contributed by atoms with Gasteiger partial charge in [0.2, 0.25) is 5.91 Å². The van der Waals surface area contributed by atoms with E-state index in [2.05, 4.69) is 15.5 Å². The van der Waals surface area contributed by atoms with E-state index in [1.165, 1.54) is 57.9 Å². The number of nitrogens with one attached hydrogen (secondary N) is 2. The second kappa shape index (κ2) is 6.23. The Hall–Kier alpha value is -0.610. The molecule has 1 saturated heterocycles. The van der Waals surface area contributed by atoms with Gasteiger partial charge < -0.3 is 10.6 Å². The zero-order valence-electron chi connectivity index (χ0n) is 11.9. The highest BCUT2D eigenvalue weighted by Gasteiger charge is 2.34. The van der Waals surface area contributed by atoms with Crippen molar-refractivity contribution in [1.82, 2.24) is 15.5 Å². The second-order valence-corrected chi connectivity index (χ2v) is 6.50. The van der Waals surface area contributed by atoms with Crippen molar-refractivity contribution in [2.24, 2.45) is 0 Å². The van der Waals surface area contributed by atoms with Gasteiger partial charge in [-0.25, -0.2) is 0 Å². The molecule has 3 aliphatic rings. The van der Waals surface area contributed by atoms with Crippen LogP contribution in [-0.2, 0) is 4.79 Å². The Morgan fingerprint density at radius 1 is 1.00 bits per heavy atom. The molecule has 2 aliphatic carbocycles. The zero-order chi connectivity index (χ0) is 13.1. The van der Waals surface area contributed by atoms with Crippen LogP contribution in [0.25, 0.3) is 0 Å². The standard InChI is InChI=1S/C15H27N3O/c19-15(17-12-4-2-1-3-5-12)10-16-13-8-9-18(11-13)14-6-7-14/h12-14,16H,1-11H2,(H,17,19). The van der Waals surface area contributed by atoms with E-state index in [1.54, 1.807) is 0 Å². The van der Waals surface area contributed by atoms with E-state index in [4.69, 9.17) is 0 Å². The van der Waals surface area contributed by atoms with E-state index in [0.29, 0.717) is 18.6 Å². The van der Waals surface area contributed by atoms with Crippen molar-refractivity contribution in [3.63, 3.8) is 0 Å². The van der Waals surface area contributed by atoms with Crippen molar-refractivity contribution in [3.05, 3.63) is 0 Å². The Labute approximate surface area is 116 Å². The van der Waals surface area contributed by atoms with Gasteiger partial charge in [0, 0.05) is 31.2 Å². The van der Waals surface area contributed by atoms with Gasteiger partial charge in [0.05, 0.1) is 6.54 Å². The predicted molar refractivity (Wildman–Crippen MR) is 76.0 cm³/mol. The highest BCUT2D eigenvalue weighted by molar-refractivity contribution is 5.78. The number of hydrogen-bond donors (Lipinski definition) is 2. The fourth-order valence-electron chi connectivity index (χ4n) is 3.49. The lowest BCUT2D eigenvalue weighted by molar-refractivity contribution is -0.121. The summed E-state index contributed by atoms with van der Waals surface area (Å²) in [5, 5.41) is 6.60. The maximum absolute atomic E-state index is 11.9. The van der Waals surface area contributed by atoms with Crippen LogP contribution in [0.1, 0.15) is 51.4 Å². The summed E-state index contributed by atoms with van der Waals surface area (Å²) < 4.78 is 0. The van der Waals surface area contributed by atoms with Gasteiger partial charge in [0.25, 0.3) is 0 Å².